The number of thioether (sulfide) groups is 1. The molecule has 3 aromatic carbocycles. The minimum Gasteiger partial charge on any atom is -0.497 e. The van der Waals surface area contributed by atoms with E-state index in [9.17, 15) is 4.79 Å². The van der Waals surface area contributed by atoms with Gasteiger partial charge in [0.1, 0.15) is 5.75 Å². The second-order valence-electron chi connectivity index (χ2n) is 6.70. The summed E-state index contributed by atoms with van der Waals surface area (Å²) in [4.78, 5) is 19.4. The van der Waals surface area contributed by atoms with Crippen LogP contribution in [0.25, 0.3) is 17.2 Å². The van der Waals surface area contributed by atoms with Crippen molar-refractivity contribution < 1.29 is 9.53 Å². The standard InChI is InChI=1S/C24H19ClN2O2S/c1-27-23(28)22(30-24(27)26-20-12-10-19(25)11-13-20)14-16-6-8-17(9-7-16)18-4-3-5-21(15-18)29-2/h3-15H,1-2H3. The zero-order valence-corrected chi connectivity index (χ0v) is 18.1. The fourth-order valence-electron chi connectivity index (χ4n) is 3.00. The highest BCUT2D eigenvalue weighted by Gasteiger charge is 2.30. The number of benzene rings is 3. The molecule has 30 heavy (non-hydrogen) atoms. The van der Waals surface area contributed by atoms with Crippen molar-refractivity contribution in [1.29, 1.82) is 0 Å². The summed E-state index contributed by atoms with van der Waals surface area (Å²) >= 11 is 7.29. The van der Waals surface area contributed by atoms with Crippen molar-refractivity contribution in [1.82, 2.24) is 4.90 Å². The van der Waals surface area contributed by atoms with Crippen molar-refractivity contribution in [2.24, 2.45) is 4.99 Å². The lowest BCUT2D eigenvalue weighted by molar-refractivity contribution is -0.121. The van der Waals surface area contributed by atoms with Gasteiger partial charge in [-0.15, -0.1) is 0 Å². The van der Waals surface area contributed by atoms with E-state index < -0.39 is 0 Å². The van der Waals surface area contributed by atoms with Crippen LogP contribution >= 0.6 is 23.4 Å². The summed E-state index contributed by atoms with van der Waals surface area (Å²) < 4.78 is 5.30. The number of amidine groups is 1. The molecule has 4 nitrogen and oxygen atoms in total. The molecule has 6 heteroatoms. The smallest absolute Gasteiger partial charge is 0.266 e. The van der Waals surface area contributed by atoms with Crippen LogP contribution in [0.1, 0.15) is 5.56 Å². The third-order valence-corrected chi connectivity index (χ3v) is 5.98. The van der Waals surface area contributed by atoms with Gasteiger partial charge in [-0.1, -0.05) is 48.0 Å². The quantitative estimate of drug-likeness (QED) is 0.456. The molecule has 0 N–H and O–H groups in total. The van der Waals surface area contributed by atoms with Crippen LogP contribution in [0, 0.1) is 0 Å². The summed E-state index contributed by atoms with van der Waals surface area (Å²) in [5.74, 6) is 0.756. The topological polar surface area (TPSA) is 41.9 Å². The zero-order valence-electron chi connectivity index (χ0n) is 16.5. The first-order chi connectivity index (χ1) is 14.5. The van der Waals surface area contributed by atoms with Gasteiger partial charge in [-0.25, -0.2) is 4.99 Å². The number of carbonyl (C=O) groups excluding carboxylic acids is 1. The molecule has 0 unspecified atom stereocenters. The fraction of sp³-hybridized carbons (Fsp3) is 0.0833. The van der Waals surface area contributed by atoms with Crippen LogP contribution in [0.2, 0.25) is 5.02 Å². The summed E-state index contributed by atoms with van der Waals surface area (Å²) in [5.41, 5.74) is 3.88. The third kappa shape index (κ3) is 4.42. The number of amides is 1. The molecular weight excluding hydrogens is 416 g/mol. The van der Waals surface area contributed by atoms with Gasteiger partial charge in [0.05, 0.1) is 17.7 Å². The lowest BCUT2D eigenvalue weighted by Gasteiger charge is -2.07. The van der Waals surface area contributed by atoms with E-state index in [0.717, 1.165) is 28.1 Å². The molecule has 1 heterocycles. The van der Waals surface area contributed by atoms with E-state index in [4.69, 9.17) is 16.3 Å². The number of halogens is 1. The van der Waals surface area contributed by atoms with Gasteiger partial charge in [0.2, 0.25) is 0 Å². The van der Waals surface area contributed by atoms with Gasteiger partial charge in [-0.05, 0) is 70.9 Å². The maximum atomic E-state index is 12.6. The SMILES string of the molecule is COc1cccc(-c2ccc(C=C3SC(=Nc4ccc(Cl)cc4)N(C)C3=O)cc2)c1. The summed E-state index contributed by atoms with van der Waals surface area (Å²) in [6.45, 7) is 0. The number of rotatable bonds is 4. The Morgan fingerprint density at radius 3 is 2.43 bits per heavy atom. The van der Waals surface area contributed by atoms with Gasteiger partial charge >= 0.3 is 0 Å². The Morgan fingerprint density at radius 2 is 1.73 bits per heavy atom. The number of carbonyl (C=O) groups is 1. The number of ether oxygens (including phenoxy) is 1. The lowest BCUT2D eigenvalue weighted by atomic mass is 10.0. The molecule has 0 aliphatic carbocycles. The lowest BCUT2D eigenvalue weighted by Crippen LogP contribution is -2.23. The molecule has 150 valence electrons. The minimum absolute atomic E-state index is 0.0652. The van der Waals surface area contributed by atoms with Gasteiger partial charge < -0.3 is 4.74 Å². The maximum absolute atomic E-state index is 12.6. The number of methoxy groups -OCH3 is 1. The van der Waals surface area contributed by atoms with E-state index >= 15 is 0 Å². The van der Waals surface area contributed by atoms with E-state index in [-0.39, 0.29) is 5.91 Å². The summed E-state index contributed by atoms with van der Waals surface area (Å²) in [6, 6.07) is 23.2. The summed E-state index contributed by atoms with van der Waals surface area (Å²) in [6.07, 6.45) is 1.89. The van der Waals surface area contributed by atoms with Crippen molar-refractivity contribution in [3.8, 4) is 16.9 Å². The normalized spacial score (nSPS) is 16.5. The van der Waals surface area contributed by atoms with Crippen molar-refractivity contribution in [3.05, 3.63) is 88.3 Å². The van der Waals surface area contributed by atoms with E-state index in [1.165, 1.54) is 11.8 Å². The average Bonchev–Trinajstić information content (AvgIpc) is 3.03. The summed E-state index contributed by atoms with van der Waals surface area (Å²) in [5, 5.41) is 1.29. The van der Waals surface area contributed by atoms with Gasteiger partial charge in [-0.2, -0.15) is 0 Å². The molecule has 1 amide bonds. The Kier molecular flexibility index (Phi) is 5.93. The van der Waals surface area contributed by atoms with Crippen LogP contribution in [0.3, 0.4) is 0 Å². The van der Waals surface area contributed by atoms with E-state index in [1.54, 1.807) is 31.2 Å². The molecule has 0 saturated carbocycles. The largest absolute Gasteiger partial charge is 0.497 e. The molecule has 3 aromatic rings. The second-order valence-corrected chi connectivity index (χ2v) is 8.15. The van der Waals surface area contributed by atoms with Crippen LogP contribution in [0.15, 0.2) is 82.7 Å². The fourth-order valence-corrected chi connectivity index (χ4v) is 4.12. The van der Waals surface area contributed by atoms with Crippen molar-refractivity contribution in [2.75, 3.05) is 14.2 Å². The predicted octanol–water partition coefficient (Wildman–Crippen LogP) is 6.25. The molecule has 1 aliphatic rings. The molecule has 0 atom stereocenters. The first kappa shape index (κ1) is 20.3. The Bertz CT molecular complexity index is 1140. The first-order valence-electron chi connectivity index (χ1n) is 9.30. The molecule has 0 bridgehead atoms. The predicted molar refractivity (Wildman–Crippen MR) is 125 cm³/mol. The molecule has 0 spiro atoms. The van der Waals surface area contributed by atoms with Gasteiger partial charge in [0.25, 0.3) is 5.91 Å². The molecule has 0 radical (unpaired) electrons. The molecule has 1 aliphatic heterocycles. The number of aliphatic imine (C=N–C) groups is 1. The van der Waals surface area contributed by atoms with Crippen LogP contribution in [-0.2, 0) is 4.79 Å². The Balaban J connectivity index is 1.55. The van der Waals surface area contributed by atoms with Gasteiger partial charge in [-0.3, -0.25) is 9.69 Å². The van der Waals surface area contributed by atoms with Crippen LogP contribution in [0.4, 0.5) is 5.69 Å². The van der Waals surface area contributed by atoms with Gasteiger partial charge in [0.15, 0.2) is 5.17 Å². The third-order valence-electron chi connectivity index (χ3n) is 4.67. The highest BCUT2D eigenvalue weighted by atomic mass is 35.5. The molecule has 4 rings (SSSR count). The highest BCUT2D eigenvalue weighted by molar-refractivity contribution is 8.18. The van der Waals surface area contributed by atoms with Crippen LogP contribution < -0.4 is 4.74 Å². The van der Waals surface area contributed by atoms with Crippen LogP contribution in [-0.4, -0.2) is 30.1 Å². The number of hydrogen-bond donors (Lipinski definition) is 0. The van der Waals surface area contributed by atoms with E-state index in [2.05, 4.69) is 4.99 Å². The maximum Gasteiger partial charge on any atom is 0.266 e. The van der Waals surface area contributed by atoms with Crippen molar-refractivity contribution in [3.63, 3.8) is 0 Å². The highest BCUT2D eigenvalue weighted by Crippen LogP contribution is 2.33. The first-order valence-corrected chi connectivity index (χ1v) is 10.5. The molecule has 1 fully saturated rings. The van der Waals surface area contributed by atoms with E-state index in [1.807, 2.05) is 66.7 Å². The zero-order chi connectivity index (χ0) is 21.1. The molecule has 1 saturated heterocycles. The van der Waals surface area contributed by atoms with Gasteiger partial charge in [0, 0.05) is 12.1 Å². The second kappa shape index (κ2) is 8.78. The molecule has 0 aromatic heterocycles. The Hall–Kier alpha value is -3.02. The van der Waals surface area contributed by atoms with Crippen molar-refractivity contribution >= 4 is 46.2 Å². The monoisotopic (exact) mass is 434 g/mol. The number of likely N-dealkylation sites (N-methyl/N-ethyl adjacent to an activating group) is 1. The Labute approximate surface area is 184 Å². The molecular formula is C24H19ClN2O2S. The average molecular weight is 435 g/mol. The van der Waals surface area contributed by atoms with Crippen molar-refractivity contribution in [2.45, 2.75) is 0 Å². The van der Waals surface area contributed by atoms with Crippen LogP contribution in [0.5, 0.6) is 5.75 Å². The van der Waals surface area contributed by atoms with E-state index in [0.29, 0.717) is 15.1 Å². The number of hydrogen-bond acceptors (Lipinski definition) is 4. The Morgan fingerprint density at radius 1 is 1.00 bits per heavy atom. The minimum atomic E-state index is -0.0652. The summed E-state index contributed by atoms with van der Waals surface area (Å²) in [7, 11) is 3.39. The number of nitrogens with zero attached hydrogens (tertiary/aromatic N) is 2.